The molecule has 0 spiro atoms. The SMILES string of the molecule is O=C(Nc1ccc(Cl)c(Cl)c1)c1ccc(F)c(S(=O)(=O)NCc2ccco2)c1. The maximum Gasteiger partial charge on any atom is 0.255 e. The summed E-state index contributed by atoms with van der Waals surface area (Å²) in [6.45, 7) is -0.158. The normalized spacial score (nSPS) is 11.4. The lowest BCUT2D eigenvalue weighted by Gasteiger charge is -2.10. The molecule has 0 saturated carbocycles. The first-order valence-electron chi connectivity index (χ1n) is 7.84. The Kier molecular flexibility index (Phi) is 6.04. The second kappa shape index (κ2) is 8.32. The minimum absolute atomic E-state index is 0.0501. The largest absolute Gasteiger partial charge is 0.468 e. The molecule has 0 aliphatic heterocycles. The molecule has 0 radical (unpaired) electrons. The number of sulfonamides is 1. The van der Waals surface area contributed by atoms with Crippen LogP contribution in [0.1, 0.15) is 16.1 Å². The topological polar surface area (TPSA) is 88.4 Å². The summed E-state index contributed by atoms with van der Waals surface area (Å²) in [4.78, 5) is 11.8. The average Bonchev–Trinajstić information content (AvgIpc) is 3.17. The zero-order valence-electron chi connectivity index (χ0n) is 14.1. The summed E-state index contributed by atoms with van der Waals surface area (Å²) in [5.74, 6) is -1.27. The van der Waals surface area contributed by atoms with Gasteiger partial charge in [-0.3, -0.25) is 4.79 Å². The van der Waals surface area contributed by atoms with Gasteiger partial charge in [-0.25, -0.2) is 17.5 Å². The fourth-order valence-corrected chi connectivity index (χ4v) is 3.68. The van der Waals surface area contributed by atoms with Gasteiger partial charge in [-0.05, 0) is 48.5 Å². The van der Waals surface area contributed by atoms with Gasteiger partial charge < -0.3 is 9.73 Å². The highest BCUT2D eigenvalue weighted by molar-refractivity contribution is 7.89. The Morgan fingerprint density at radius 2 is 1.86 bits per heavy atom. The maximum absolute atomic E-state index is 14.1. The number of nitrogens with one attached hydrogen (secondary N) is 2. The van der Waals surface area contributed by atoms with Gasteiger partial charge in [0.2, 0.25) is 10.0 Å². The van der Waals surface area contributed by atoms with Crippen molar-refractivity contribution >= 4 is 44.8 Å². The molecule has 1 aromatic heterocycles. The number of carbonyl (C=O) groups excluding carboxylic acids is 1. The number of hydrogen-bond acceptors (Lipinski definition) is 4. The Bertz CT molecular complexity index is 1120. The molecular weight excluding hydrogens is 430 g/mol. The zero-order valence-corrected chi connectivity index (χ0v) is 16.4. The first-order chi connectivity index (χ1) is 13.3. The molecule has 10 heteroatoms. The van der Waals surface area contributed by atoms with Crippen LogP contribution in [0, 0.1) is 5.82 Å². The molecule has 1 heterocycles. The van der Waals surface area contributed by atoms with E-state index in [9.17, 15) is 17.6 Å². The van der Waals surface area contributed by atoms with E-state index < -0.39 is 26.6 Å². The maximum atomic E-state index is 14.1. The first kappa shape index (κ1) is 20.3. The highest BCUT2D eigenvalue weighted by Crippen LogP contribution is 2.25. The fourth-order valence-electron chi connectivity index (χ4n) is 2.28. The van der Waals surface area contributed by atoms with Crippen LogP contribution in [0.3, 0.4) is 0 Å². The van der Waals surface area contributed by atoms with E-state index >= 15 is 0 Å². The number of anilines is 1. The van der Waals surface area contributed by atoms with Gasteiger partial charge in [0.05, 0.1) is 22.9 Å². The van der Waals surface area contributed by atoms with E-state index in [4.69, 9.17) is 27.6 Å². The second-order valence-corrected chi connectivity index (χ2v) is 8.18. The minimum atomic E-state index is -4.21. The standard InChI is InChI=1S/C18H13Cl2FN2O4S/c19-14-5-4-12(9-15(14)20)23-18(24)11-3-6-16(21)17(8-11)28(25,26)22-10-13-2-1-7-27-13/h1-9,22H,10H2,(H,23,24). The predicted octanol–water partition coefficient (Wildman–Crippen LogP) is 4.46. The van der Waals surface area contributed by atoms with Gasteiger partial charge in [0.25, 0.3) is 5.91 Å². The minimum Gasteiger partial charge on any atom is -0.468 e. The van der Waals surface area contributed by atoms with Crippen molar-refractivity contribution in [1.29, 1.82) is 0 Å². The van der Waals surface area contributed by atoms with E-state index in [0.29, 0.717) is 16.5 Å². The van der Waals surface area contributed by atoms with Gasteiger partial charge in [-0.2, -0.15) is 0 Å². The monoisotopic (exact) mass is 442 g/mol. The lowest BCUT2D eigenvalue weighted by atomic mass is 10.2. The Morgan fingerprint density at radius 3 is 2.54 bits per heavy atom. The Morgan fingerprint density at radius 1 is 1.07 bits per heavy atom. The summed E-state index contributed by atoms with van der Waals surface area (Å²) >= 11 is 11.7. The summed E-state index contributed by atoms with van der Waals surface area (Å²) < 4.78 is 46.2. The summed E-state index contributed by atoms with van der Waals surface area (Å²) in [5.41, 5.74) is 0.301. The number of benzene rings is 2. The summed E-state index contributed by atoms with van der Waals surface area (Å²) in [6.07, 6.45) is 1.39. The number of hydrogen-bond donors (Lipinski definition) is 2. The Labute approximate surface area is 170 Å². The van der Waals surface area contributed by atoms with Crippen LogP contribution in [0.25, 0.3) is 0 Å². The molecule has 0 unspecified atom stereocenters. The van der Waals surface area contributed by atoms with E-state index in [-0.39, 0.29) is 17.1 Å². The van der Waals surface area contributed by atoms with Crippen LogP contribution < -0.4 is 10.0 Å². The van der Waals surface area contributed by atoms with Crippen molar-refractivity contribution in [2.75, 3.05) is 5.32 Å². The fraction of sp³-hybridized carbons (Fsp3) is 0.0556. The molecule has 146 valence electrons. The first-order valence-corrected chi connectivity index (χ1v) is 10.1. The summed E-state index contributed by atoms with van der Waals surface area (Å²) in [7, 11) is -4.21. The average molecular weight is 443 g/mol. The van der Waals surface area contributed by atoms with Crippen LogP contribution in [0.15, 0.2) is 64.1 Å². The number of amides is 1. The smallest absolute Gasteiger partial charge is 0.255 e. The molecule has 28 heavy (non-hydrogen) atoms. The van der Waals surface area contributed by atoms with Gasteiger partial charge in [0, 0.05) is 11.3 Å². The molecule has 6 nitrogen and oxygen atoms in total. The molecule has 0 fully saturated rings. The molecule has 3 rings (SSSR count). The van der Waals surface area contributed by atoms with E-state index in [0.717, 1.165) is 12.1 Å². The predicted molar refractivity (Wildman–Crippen MR) is 104 cm³/mol. The molecule has 1 amide bonds. The van der Waals surface area contributed by atoms with Gasteiger partial charge in [-0.15, -0.1) is 0 Å². The van der Waals surface area contributed by atoms with Gasteiger partial charge in [0.15, 0.2) is 0 Å². The summed E-state index contributed by atoms with van der Waals surface area (Å²) in [6, 6.07) is 10.7. The molecule has 2 N–H and O–H groups in total. The highest BCUT2D eigenvalue weighted by atomic mass is 35.5. The lowest BCUT2D eigenvalue weighted by Crippen LogP contribution is -2.24. The molecular formula is C18H13Cl2FN2O4S. The summed E-state index contributed by atoms with van der Waals surface area (Å²) in [5, 5.41) is 3.10. The van der Waals surface area contributed by atoms with E-state index in [1.807, 2.05) is 0 Å². The van der Waals surface area contributed by atoms with Crippen LogP contribution >= 0.6 is 23.2 Å². The third kappa shape index (κ3) is 4.71. The van der Waals surface area contributed by atoms with Crippen molar-refractivity contribution in [1.82, 2.24) is 4.72 Å². The van der Waals surface area contributed by atoms with Crippen LogP contribution in [0.5, 0.6) is 0 Å². The molecule has 0 aliphatic carbocycles. The third-order valence-corrected chi connectivity index (χ3v) is 5.83. The molecule has 0 saturated heterocycles. The van der Waals surface area contributed by atoms with Crippen molar-refractivity contribution in [3.63, 3.8) is 0 Å². The van der Waals surface area contributed by atoms with Gasteiger partial charge in [-0.1, -0.05) is 23.2 Å². The van der Waals surface area contributed by atoms with Gasteiger partial charge >= 0.3 is 0 Å². The third-order valence-electron chi connectivity index (χ3n) is 3.68. The molecule has 3 aromatic rings. The van der Waals surface area contributed by atoms with Crippen LogP contribution in [0.2, 0.25) is 10.0 Å². The van der Waals surface area contributed by atoms with E-state index in [1.165, 1.54) is 30.5 Å². The molecule has 0 bridgehead atoms. The number of halogens is 3. The second-order valence-electron chi connectivity index (χ2n) is 5.63. The van der Waals surface area contributed by atoms with E-state index in [2.05, 4.69) is 10.0 Å². The zero-order chi connectivity index (χ0) is 20.3. The Hall–Kier alpha value is -2.39. The number of rotatable bonds is 6. The molecule has 2 aromatic carbocycles. The van der Waals surface area contributed by atoms with Crippen molar-refractivity contribution in [2.45, 2.75) is 11.4 Å². The molecule has 0 aliphatic rings. The van der Waals surface area contributed by atoms with Crippen molar-refractivity contribution in [2.24, 2.45) is 0 Å². The van der Waals surface area contributed by atoms with Crippen LogP contribution in [0.4, 0.5) is 10.1 Å². The quantitative estimate of drug-likeness (QED) is 0.589. The van der Waals surface area contributed by atoms with Crippen molar-refractivity contribution in [3.05, 3.63) is 82.0 Å². The highest BCUT2D eigenvalue weighted by Gasteiger charge is 2.21. The van der Waals surface area contributed by atoms with Crippen molar-refractivity contribution < 1.29 is 22.0 Å². The van der Waals surface area contributed by atoms with Crippen LogP contribution in [-0.2, 0) is 16.6 Å². The number of carbonyl (C=O) groups is 1. The lowest BCUT2D eigenvalue weighted by molar-refractivity contribution is 0.102. The van der Waals surface area contributed by atoms with E-state index in [1.54, 1.807) is 12.1 Å². The molecule has 0 atom stereocenters. The number of furan rings is 1. The Balaban J connectivity index is 1.81. The van der Waals surface area contributed by atoms with Crippen LogP contribution in [-0.4, -0.2) is 14.3 Å². The van der Waals surface area contributed by atoms with Gasteiger partial charge in [0.1, 0.15) is 16.5 Å². The van der Waals surface area contributed by atoms with Crippen molar-refractivity contribution in [3.8, 4) is 0 Å².